The smallest absolute Gasteiger partial charge is 0.268 e. The molecule has 7 nitrogen and oxygen atoms in total. The number of carbonyl (C=O) groups is 1. The Labute approximate surface area is 88.7 Å². The molecule has 2 N–H and O–H groups in total. The van der Waals surface area contributed by atoms with E-state index >= 15 is 0 Å². The molecule has 0 spiro atoms. The lowest BCUT2D eigenvalue weighted by atomic mass is 10.2. The maximum absolute atomic E-state index is 11.5. The number of rotatable bonds is 1. The average molecular weight is 218 g/mol. The van der Waals surface area contributed by atoms with Gasteiger partial charge in [0.1, 0.15) is 11.1 Å². The molecule has 0 unspecified atom stereocenters. The minimum absolute atomic E-state index is 0.0332. The number of aryl methyl sites for hydroxylation is 1. The first-order valence-electron chi connectivity index (χ1n) is 4.31. The summed E-state index contributed by atoms with van der Waals surface area (Å²) >= 11 is 0. The van der Waals surface area contributed by atoms with E-state index in [-0.39, 0.29) is 22.4 Å². The van der Waals surface area contributed by atoms with E-state index in [9.17, 15) is 9.59 Å². The molecule has 0 radical (unpaired) electrons. The van der Waals surface area contributed by atoms with Crippen LogP contribution in [0.15, 0.2) is 15.5 Å². The van der Waals surface area contributed by atoms with E-state index < -0.39 is 11.5 Å². The molecule has 0 aliphatic carbocycles. The predicted molar refractivity (Wildman–Crippen MR) is 52.4 cm³/mol. The van der Waals surface area contributed by atoms with E-state index in [2.05, 4.69) is 9.97 Å². The van der Waals surface area contributed by atoms with E-state index in [1.54, 1.807) is 0 Å². The highest BCUT2D eigenvalue weighted by atomic mass is 16.3. The van der Waals surface area contributed by atoms with Crippen LogP contribution in [0.5, 0.6) is 0 Å². The molecular weight excluding hydrogens is 212 g/mol. The maximum atomic E-state index is 11.5. The Kier molecular flexibility index (Phi) is 2.17. The summed E-state index contributed by atoms with van der Waals surface area (Å²) in [7, 11) is 0. The first-order valence-corrected chi connectivity index (χ1v) is 4.31. The van der Waals surface area contributed by atoms with E-state index in [4.69, 9.17) is 9.68 Å². The second-order valence-corrected chi connectivity index (χ2v) is 3.01. The van der Waals surface area contributed by atoms with Gasteiger partial charge in [-0.3, -0.25) is 14.9 Å². The molecular formula is C9H6N4O3. The van der Waals surface area contributed by atoms with Crippen LogP contribution in [-0.2, 0) is 0 Å². The van der Waals surface area contributed by atoms with Gasteiger partial charge in [0, 0.05) is 0 Å². The number of aromatic nitrogens is 2. The quantitative estimate of drug-likeness (QED) is 0.518. The molecule has 2 rings (SSSR count). The number of furan rings is 1. The Balaban J connectivity index is 2.79. The molecule has 1 amide bonds. The number of nitrogens with zero attached hydrogens (tertiary/aromatic N) is 2. The van der Waals surface area contributed by atoms with Gasteiger partial charge in [-0.25, -0.2) is 4.98 Å². The standard InChI is InChI=1S/C9H6N4O3/c1-4-5(7(14)11-2-10)6-8(15)12-3-13-9(6)16-4/h3H,1H3,(H,11,14)(H,12,13,15). The number of nitriles is 1. The minimum atomic E-state index is -0.683. The fraction of sp³-hybridized carbons (Fsp3) is 0.111. The van der Waals surface area contributed by atoms with Gasteiger partial charge < -0.3 is 9.40 Å². The second-order valence-electron chi connectivity index (χ2n) is 3.01. The zero-order valence-corrected chi connectivity index (χ0v) is 8.20. The number of nitrogens with one attached hydrogen (secondary N) is 2. The summed E-state index contributed by atoms with van der Waals surface area (Å²) in [5, 5.41) is 10.3. The first-order chi connectivity index (χ1) is 7.65. The molecule has 0 saturated carbocycles. The lowest BCUT2D eigenvalue weighted by Gasteiger charge is -1.93. The third-order valence-electron chi connectivity index (χ3n) is 2.07. The van der Waals surface area contributed by atoms with Crippen LogP contribution in [0.2, 0.25) is 0 Å². The molecule has 7 heteroatoms. The van der Waals surface area contributed by atoms with Gasteiger partial charge in [-0.05, 0) is 6.92 Å². The minimum Gasteiger partial charge on any atom is -0.442 e. The predicted octanol–water partition coefficient (Wildman–Crippen LogP) is 0.0354. The average Bonchev–Trinajstić information content (AvgIpc) is 2.56. The zero-order chi connectivity index (χ0) is 11.7. The largest absolute Gasteiger partial charge is 0.442 e. The van der Waals surface area contributed by atoms with E-state index in [0.29, 0.717) is 0 Å². The molecule has 0 aromatic carbocycles. The summed E-state index contributed by atoms with van der Waals surface area (Å²) in [5.74, 6) is -0.441. The molecule has 16 heavy (non-hydrogen) atoms. The van der Waals surface area contributed by atoms with Gasteiger partial charge in [-0.2, -0.15) is 5.26 Å². The van der Waals surface area contributed by atoms with Crippen LogP contribution in [-0.4, -0.2) is 15.9 Å². The summed E-state index contributed by atoms with van der Waals surface area (Å²) in [6.45, 7) is 1.52. The van der Waals surface area contributed by atoms with Gasteiger partial charge in [0.05, 0.1) is 11.9 Å². The number of fused-ring (bicyclic) bond motifs is 1. The zero-order valence-electron chi connectivity index (χ0n) is 8.20. The summed E-state index contributed by atoms with van der Waals surface area (Å²) in [6.07, 6.45) is 2.67. The number of hydrogen-bond donors (Lipinski definition) is 2. The Hall–Kier alpha value is -2.62. The van der Waals surface area contributed by atoms with Gasteiger partial charge >= 0.3 is 0 Å². The maximum Gasteiger partial charge on any atom is 0.268 e. The highest BCUT2D eigenvalue weighted by Crippen LogP contribution is 2.19. The number of hydrogen-bond acceptors (Lipinski definition) is 5. The van der Waals surface area contributed by atoms with Crippen molar-refractivity contribution in [3.63, 3.8) is 0 Å². The lowest BCUT2D eigenvalue weighted by molar-refractivity contribution is 0.0972. The van der Waals surface area contributed by atoms with Gasteiger partial charge in [0.25, 0.3) is 11.5 Å². The molecule has 0 saturated heterocycles. The van der Waals surface area contributed by atoms with Crippen LogP contribution in [0.25, 0.3) is 11.1 Å². The van der Waals surface area contributed by atoms with Crippen LogP contribution in [0, 0.1) is 18.4 Å². The van der Waals surface area contributed by atoms with E-state index in [0.717, 1.165) is 0 Å². The fourth-order valence-electron chi connectivity index (χ4n) is 1.44. The number of carbonyl (C=O) groups excluding carboxylic acids is 1. The molecule has 0 aliphatic heterocycles. The monoisotopic (exact) mass is 218 g/mol. The normalized spacial score (nSPS) is 10.0. The SMILES string of the molecule is Cc1oc2nc[nH]c(=O)c2c1C(=O)NC#N. The van der Waals surface area contributed by atoms with E-state index in [1.807, 2.05) is 5.32 Å². The fourth-order valence-corrected chi connectivity index (χ4v) is 1.44. The number of amides is 1. The Morgan fingerprint density at radius 2 is 2.44 bits per heavy atom. The third-order valence-corrected chi connectivity index (χ3v) is 2.07. The van der Waals surface area contributed by atoms with Crippen LogP contribution in [0.1, 0.15) is 16.1 Å². The van der Waals surface area contributed by atoms with Crippen LogP contribution in [0.3, 0.4) is 0 Å². The van der Waals surface area contributed by atoms with Crippen molar-refractivity contribution < 1.29 is 9.21 Å². The molecule has 2 aromatic heterocycles. The van der Waals surface area contributed by atoms with Crippen LogP contribution >= 0.6 is 0 Å². The summed E-state index contributed by atoms with van der Waals surface area (Å²) in [5.41, 5.74) is -0.375. The number of aromatic amines is 1. The Bertz CT molecular complexity index is 661. The van der Waals surface area contributed by atoms with Crippen molar-refractivity contribution >= 4 is 17.0 Å². The summed E-state index contributed by atoms with van der Waals surface area (Å²) in [6, 6.07) is 0. The first kappa shape index (κ1) is 9.92. The molecule has 2 heterocycles. The molecule has 0 atom stereocenters. The lowest BCUT2D eigenvalue weighted by Crippen LogP contribution is -2.20. The van der Waals surface area contributed by atoms with Crippen LogP contribution in [0.4, 0.5) is 0 Å². The van der Waals surface area contributed by atoms with Gasteiger partial charge in [0.2, 0.25) is 5.71 Å². The molecule has 0 bridgehead atoms. The molecule has 0 fully saturated rings. The van der Waals surface area contributed by atoms with Crippen molar-refractivity contribution in [1.82, 2.24) is 15.3 Å². The van der Waals surface area contributed by atoms with Crippen molar-refractivity contribution in [3.8, 4) is 6.19 Å². The van der Waals surface area contributed by atoms with Crippen molar-refractivity contribution in [1.29, 1.82) is 5.26 Å². The number of H-pyrrole nitrogens is 1. The molecule has 80 valence electrons. The third kappa shape index (κ3) is 1.33. The van der Waals surface area contributed by atoms with Crippen molar-refractivity contribution in [2.75, 3.05) is 0 Å². The second kappa shape index (κ2) is 3.51. The van der Waals surface area contributed by atoms with Crippen molar-refractivity contribution in [2.24, 2.45) is 0 Å². The van der Waals surface area contributed by atoms with E-state index in [1.165, 1.54) is 19.4 Å². The van der Waals surface area contributed by atoms with Gasteiger partial charge in [0.15, 0.2) is 6.19 Å². The van der Waals surface area contributed by atoms with Crippen molar-refractivity contribution in [2.45, 2.75) is 6.92 Å². The van der Waals surface area contributed by atoms with Crippen LogP contribution < -0.4 is 10.9 Å². The molecule has 2 aromatic rings. The highest BCUT2D eigenvalue weighted by Gasteiger charge is 2.21. The molecule has 0 aliphatic rings. The van der Waals surface area contributed by atoms with Gasteiger partial charge in [-0.1, -0.05) is 0 Å². The summed E-state index contributed by atoms with van der Waals surface area (Å²) < 4.78 is 5.15. The highest BCUT2D eigenvalue weighted by molar-refractivity contribution is 6.06. The summed E-state index contributed by atoms with van der Waals surface area (Å²) in [4.78, 5) is 29.1. The Morgan fingerprint density at radius 1 is 1.69 bits per heavy atom. The van der Waals surface area contributed by atoms with Crippen molar-refractivity contribution in [3.05, 3.63) is 28.0 Å². The Morgan fingerprint density at radius 3 is 3.12 bits per heavy atom. The topological polar surface area (TPSA) is 112 Å². The van der Waals surface area contributed by atoms with Gasteiger partial charge in [-0.15, -0.1) is 0 Å².